The van der Waals surface area contributed by atoms with Crippen LogP contribution < -0.4 is 9.47 Å². The molecule has 0 heterocycles. The zero-order valence-electron chi connectivity index (χ0n) is 16.1. The molecule has 0 atom stereocenters. The molecule has 138 valence electrons. The van der Waals surface area contributed by atoms with E-state index in [1.54, 1.807) is 14.2 Å². The van der Waals surface area contributed by atoms with E-state index in [1.165, 1.54) is 22.3 Å². The second-order valence-corrected chi connectivity index (χ2v) is 6.62. The molecular formula is C26H22O2. The summed E-state index contributed by atoms with van der Waals surface area (Å²) in [5.74, 6) is 1.72. The first kappa shape index (κ1) is 17.9. The highest BCUT2D eigenvalue weighted by Gasteiger charge is 2.08. The summed E-state index contributed by atoms with van der Waals surface area (Å²) in [5.41, 5.74) is 7.07. The number of hydrogen-bond donors (Lipinski definition) is 0. The molecule has 0 saturated carbocycles. The lowest BCUT2D eigenvalue weighted by Gasteiger charge is -2.12. The topological polar surface area (TPSA) is 18.5 Å². The Balaban J connectivity index is 1.84. The fourth-order valence-corrected chi connectivity index (χ4v) is 3.33. The summed E-state index contributed by atoms with van der Waals surface area (Å²) in [6, 6.07) is 33.6. The Labute approximate surface area is 166 Å². The highest BCUT2D eigenvalue weighted by molar-refractivity contribution is 5.81. The summed E-state index contributed by atoms with van der Waals surface area (Å²) in [6.45, 7) is 0. The van der Waals surface area contributed by atoms with Gasteiger partial charge in [-0.2, -0.15) is 0 Å². The molecule has 0 amide bonds. The van der Waals surface area contributed by atoms with Gasteiger partial charge in [-0.25, -0.2) is 0 Å². The van der Waals surface area contributed by atoms with E-state index in [0.717, 1.165) is 22.6 Å². The van der Waals surface area contributed by atoms with Crippen molar-refractivity contribution in [1.82, 2.24) is 0 Å². The van der Waals surface area contributed by atoms with E-state index < -0.39 is 0 Å². The van der Waals surface area contributed by atoms with Crippen molar-refractivity contribution in [1.29, 1.82) is 0 Å². The average molecular weight is 366 g/mol. The van der Waals surface area contributed by atoms with Crippen LogP contribution >= 0.6 is 0 Å². The van der Waals surface area contributed by atoms with Gasteiger partial charge in [0, 0.05) is 0 Å². The van der Waals surface area contributed by atoms with E-state index >= 15 is 0 Å². The molecular weight excluding hydrogens is 344 g/mol. The van der Waals surface area contributed by atoms with Gasteiger partial charge >= 0.3 is 0 Å². The smallest absolute Gasteiger partial charge is 0.118 e. The van der Waals surface area contributed by atoms with E-state index in [1.807, 2.05) is 30.3 Å². The summed E-state index contributed by atoms with van der Waals surface area (Å²) >= 11 is 0. The summed E-state index contributed by atoms with van der Waals surface area (Å²) in [4.78, 5) is 0. The maximum Gasteiger partial charge on any atom is 0.118 e. The van der Waals surface area contributed by atoms with Crippen molar-refractivity contribution in [2.45, 2.75) is 0 Å². The highest BCUT2D eigenvalue weighted by atomic mass is 16.5. The minimum Gasteiger partial charge on any atom is -0.497 e. The first-order valence-electron chi connectivity index (χ1n) is 9.26. The van der Waals surface area contributed by atoms with Gasteiger partial charge in [-0.3, -0.25) is 0 Å². The molecule has 0 saturated heterocycles. The van der Waals surface area contributed by atoms with Gasteiger partial charge in [0.25, 0.3) is 0 Å². The van der Waals surface area contributed by atoms with Crippen molar-refractivity contribution in [3.8, 4) is 44.9 Å². The van der Waals surface area contributed by atoms with Crippen LogP contribution in [0.25, 0.3) is 33.4 Å². The van der Waals surface area contributed by atoms with Crippen LogP contribution in [0, 0.1) is 0 Å². The molecule has 4 aromatic rings. The van der Waals surface area contributed by atoms with Crippen LogP contribution in [0.3, 0.4) is 0 Å². The van der Waals surface area contributed by atoms with Crippen molar-refractivity contribution in [3.05, 3.63) is 97.1 Å². The Morgan fingerprint density at radius 3 is 1.11 bits per heavy atom. The fraction of sp³-hybridized carbons (Fsp3) is 0.0769. The first-order valence-corrected chi connectivity index (χ1v) is 9.26. The summed E-state index contributed by atoms with van der Waals surface area (Å²) in [5, 5.41) is 0. The monoisotopic (exact) mass is 366 g/mol. The van der Waals surface area contributed by atoms with Crippen LogP contribution in [0.2, 0.25) is 0 Å². The van der Waals surface area contributed by atoms with Gasteiger partial charge in [0.15, 0.2) is 0 Å². The van der Waals surface area contributed by atoms with Crippen LogP contribution in [0.1, 0.15) is 0 Å². The van der Waals surface area contributed by atoms with Crippen LogP contribution in [-0.4, -0.2) is 14.2 Å². The van der Waals surface area contributed by atoms with E-state index in [9.17, 15) is 0 Å². The molecule has 2 heteroatoms. The molecule has 0 aliphatic rings. The van der Waals surface area contributed by atoms with Crippen molar-refractivity contribution >= 4 is 0 Å². The van der Waals surface area contributed by atoms with Gasteiger partial charge in [0.05, 0.1) is 14.2 Å². The van der Waals surface area contributed by atoms with Crippen LogP contribution in [0.15, 0.2) is 97.1 Å². The summed E-state index contributed by atoms with van der Waals surface area (Å²) in [7, 11) is 3.37. The number of ether oxygens (including phenoxy) is 2. The third-order valence-corrected chi connectivity index (χ3v) is 4.89. The van der Waals surface area contributed by atoms with Gasteiger partial charge < -0.3 is 9.47 Å². The number of benzene rings is 4. The standard InChI is InChI=1S/C26H22O2/c1-27-25-12-8-20(9-13-25)23-16-22(19-6-4-3-5-7-19)17-24(18-23)21-10-14-26(28-2)15-11-21/h3-18H,1-2H3. The summed E-state index contributed by atoms with van der Waals surface area (Å²) in [6.07, 6.45) is 0. The van der Waals surface area contributed by atoms with E-state index in [-0.39, 0.29) is 0 Å². The highest BCUT2D eigenvalue weighted by Crippen LogP contribution is 2.34. The molecule has 0 aromatic heterocycles. The molecule has 2 nitrogen and oxygen atoms in total. The largest absolute Gasteiger partial charge is 0.497 e. The zero-order valence-corrected chi connectivity index (χ0v) is 16.1. The minimum atomic E-state index is 0.860. The molecule has 0 N–H and O–H groups in total. The van der Waals surface area contributed by atoms with E-state index in [0.29, 0.717) is 0 Å². The molecule has 4 rings (SSSR count). The van der Waals surface area contributed by atoms with E-state index in [4.69, 9.17) is 9.47 Å². The predicted octanol–water partition coefficient (Wildman–Crippen LogP) is 6.70. The van der Waals surface area contributed by atoms with Gasteiger partial charge in [-0.1, -0.05) is 54.6 Å². The van der Waals surface area contributed by atoms with Gasteiger partial charge in [0.1, 0.15) is 11.5 Å². The maximum atomic E-state index is 5.30. The Morgan fingerprint density at radius 1 is 0.393 bits per heavy atom. The summed E-state index contributed by atoms with van der Waals surface area (Å²) < 4.78 is 10.6. The maximum absolute atomic E-state index is 5.30. The van der Waals surface area contributed by atoms with E-state index in [2.05, 4.69) is 66.7 Å². The lowest BCUT2D eigenvalue weighted by molar-refractivity contribution is 0.415. The molecule has 0 aliphatic carbocycles. The molecule has 0 bridgehead atoms. The van der Waals surface area contributed by atoms with Crippen LogP contribution in [-0.2, 0) is 0 Å². The molecule has 28 heavy (non-hydrogen) atoms. The molecule has 0 unspecified atom stereocenters. The molecule has 0 fully saturated rings. The minimum absolute atomic E-state index is 0.860. The second-order valence-electron chi connectivity index (χ2n) is 6.62. The van der Waals surface area contributed by atoms with Crippen molar-refractivity contribution in [3.63, 3.8) is 0 Å². The van der Waals surface area contributed by atoms with Crippen molar-refractivity contribution in [2.24, 2.45) is 0 Å². The third-order valence-electron chi connectivity index (χ3n) is 4.89. The third kappa shape index (κ3) is 3.77. The Hall–Kier alpha value is -3.52. The van der Waals surface area contributed by atoms with Crippen LogP contribution in [0.4, 0.5) is 0 Å². The normalized spacial score (nSPS) is 10.5. The second kappa shape index (κ2) is 8.01. The SMILES string of the molecule is COc1ccc(-c2cc(-c3ccccc3)cc(-c3ccc(OC)cc3)c2)cc1. The zero-order chi connectivity index (χ0) is 19.3. The predicted molar refractivity (Wildman–Crippen MR) is 116 cm³/mol. The lowest BCUT2D eigenvalue weighted by Crippen LogP contribution is -1.87. The Bertz CT molecular complexity index is 984. The lowest BCUT2D eigenvalue weighted by atomic mass is 9.93. The fourth-order valence-electron chi connectivity index (χ4n) is 3.33. The van der Waals surface area contributed by atoms with Crippen molar-refractivity contribution < 1.29 is 9.47 Å². The number of methoxy groups -OCH3 is 2. The van der Waals surface area contributed by atoms with Gasteiger partial charge in [-0.15, -0.1) is 0 Å². The molecule has 0 aliphatic heterocycles. The van der Waals surface area contributed by atoms with Gasteiger partial charge in [0.2, 0.25) is 0 Å². The van der Waals surface area contributed by atoms with Crippen molar-refractivity contribution in [2.75, 3.05) is 14.2 Å². The number of rotatable bonds is 5. The quantitative estimate of drug-likeness (QED) is 0.391. The first-order chi connectivity index (χ1) is 13.8. The van der Waals surface area contributed by atoms with Crippen LogP contribution in [0.5, 0.6) is 11.5 Å². The molecule has 0 radical (unpaired) electrons. The number of hydrogen-bond acceptors (Lipinski definition) is 2. The Kier molecular flexibility index (Phi) is 5.11. The molecule has 0 spiro atoms. The molecule has 4 aromatic carbocycles. The average Bonchev–Trinajstić information content (AvgIpc) is 2.79. The Morgan fingerprint density at radius 2 is 0.750 bits per heavy atom. The van der Waals surface area contributed by atoms with Gasteiger partial charge in [-0.05, 0) is 75.8 Å².